The van der Waals surface area contributed by atoms with E-state index in [1.165, 1.54) is 0 Å². The van der Waals surface area contributed by atoms with Crippen LogP contribution in [0.3, 0.4) is 0 Å². The molecule has 1 N–H and O–H groups in total. The summed E-state index contributed by atoms with van der Waals surface area (Å²) in [6, 6.07) is 3.88. The minimum absolute atomic E-state index is 0.387. The Morgan fingerprint density at radius 2 is 2.07 bits per heavy atom. The Kier molecular flexibility index (Phi) is 5.12. The van der Waals surface area contributed by atoms with Gasteiger partial charge in [0.1, 0.15) is 0 Å². The van der Waals surface area contributed by atoms with Gasteiger partial charge < -0.3 is 5.11 Å². The van der Waals surface area contributed by atoms with Gasteiger partial charge >= 0.3 is 0 Å². The first-order valence-corrected chi connectivity index (χ1v) is 6.43. The molecule has 0 radical (unpaired) electrons. The summed E-state index contributed by atoms with van der Waals surface area (Å²) >= 11 is 1.79. The number of aliphatic hydroxyl groups excluding tert-OH is 1. The second-order valence-corrected chi connectivity index (χ2v) is 5.25. The van der Waals surface area contributed by atoms with Crippen molar-refractivity contribution in [2.75, 3.05) is 11.5 Å². The van der Waals surface area contributed by atoms with Gasteiger partial charge in [-0.3, -0.25) is 4.98 Å². The Labute approximate surface area is 96.1 Å². The summed E-state index contributed by atoms with van der Waals surface area (Å²) in [4.78, 5) is 4.17. The van der Waals surface area contributed by atoms with Crippen molar-refractivity contribution in [3.63, 3.8) is 0 Å². The zero-order chi connectivity index (χ0) is 11.3. The molecule has 0 fully saturated rings. The summed E-state index contributed by atoms with van der Waals surface area (Å²) in [7, 11) is 0. The molecular formula is C12H19NOS. The smallest absolute Gasteiger partial charge is 0.0895 e. The van der Waals surface area contributed by atoms with Crippen LogP contribution in [0.1, 0.15) is 31.2 Å². The van der Waals surface area contributed by atoms with E-state index in [2.05, 4.69) is 18.8 Å². The van der Waals surface area contributed by atoms with E-state index >= 15 is 0 Å². The van der Waals surface area contributed by atoms with E-state index in [9.17, 15) is 5.11 Å². The summed E-state index contributed by atoms with van der Waals surface area (Å²) in [5.41, 5.74) is 1.90. The molecule has 3 heteroatoms. The molecule has 1 unspecified atom stereocenters. The monoisotopic (exact) mass is 225 g/mol. The summed E-state index contributed by atoms with van der Waals surface area (Å²) in [5.74, 6) is 2.53. The molecule has 1 heterocycles. The van der Waals surface area contributed by atoms with Crippen LogP contribution in [-0.2, 0) is 0 Å². The molecule has 1 aromatic heterocycles. The average Bonchev–Trinajstić information content (AvgIpc) is 2.18. The van der Waals surface area contributed by atoms with E-state index in [1.807, 2.05) is 19.1 Å². The van der Waals surface area contributed by atoms with E-state index in [0.717, 1.165) is 22.8 Å². The number of hydrogen-bond donors (Lipinski definition) is 1. The second kappa shape index (κ2) is 6.13. The van der Waals surface area contributed by atoms with Crippen molar-refractivity contribution in [1.29, 1.82) is 0 Å². The third-order valence-electron chi connectivity index (χ3n) is 2.05. The van der Waals surface area contributed by atoms with E-state index in [0.29, 0.717) is 5.92 Å². The van der Waals surface area contributed by atoms with Crippen LogP contribution in [0, 0.1) is 12.8 Å². The van der Waals surface area contributed by atoms with Crippen molar-refractivity contribution in [1.82, 2.24) is 4.98 Å². The van der Waals surface area contributed by atoms with E-state index in [1.54, 1.807) is 18.0 Å². The molecule has 15 heavy (non-hydrogen) atoms. The van der Waals surface area contributed by atoms with Crippen molar-refractivity contribution in [2.24, 2.45) is 5.92 Å². The van der Waals surface area contributed by atoms with Gasteiger partial charge in [-0.05, 0) is 30.2 Å². The average molecular weight is 225 g/mol. The van der Waals surface area contributed by atoms with Gasteiger partial charge in [-0.2, -0.15) is 11.8 Å². The SMILES string of the molecule is Cc1ccc(C(O)CSCC(C)C)cn1. The maximum atomic E-state index is 9.86. The van der Waals surface area contributed by atoms with Gasteiger partial charge in [-0.25, -0.2) is 0 Å². The number of aliphatic hydroxyl groups is 1. The Bertz CT molecular complexity index is 284. The lowest BCUT2D eigenvalue weighted by Gasteiger charge is -2.11. The first-order chi connectivity index (χ1) is 7.09. The largest absolute Gasteiger partial charge is 0.387 e. The van der Waals surface area contributed by atoms with Crippen LogP contribution < -0.4 is 0 Å². The predicted octanol–water partition coefficient (Wildman–Crippen LogP) is 2.81. The first kappa shape index (κ1) is 12.5. The van der Waals surface area contributed by atoms with E-state index in [-0.39, 0.29) is 6.10 Å². The second-order valence-electron chi connectivity index (χ2n) is 4.18. The lowest BCUT2D eigenvalue weighted by Crippen LogP contribution is -2.03. The fraction of sp³-hybridized carbons (Fsp3) is 0.583. The number of aromatic nitrogens is 1. The molecule has 1 aromatic rings. The highest BCUT2D eigenvalue weighted by atomic mass is 32.2. The zero-order valence-electron chi connectivity index (χ0n) is 9.60. The summed E-state index contributed by atoms with van der Waals surface area (Å²) in [6.07, 6.45) is 1.37. The van der Waals surface area contributed by atoms with Crippen LogP contribution in [0.5, 0.6) is 0 Å². The molecule has 0 saturated heterocycles. The maximum Gasteiger partial charge on any atom is 0.0895 e. The van der Waals surface area contributed by atoms with E-state index in [4.69, 9.17) is 0 Å². The molecule has 0 aliphatic heterocycles. The molecule has 0 aliphatic carbocycles. The molecule has 0 spiro atoms. The van der Waals surface area contributed by atoms with Crippen LogP contribution in [-0.4, -0.2) is 21.6 Å². The van der Waals surface area contributed by atoms with Crippen LogP contribution in [0.25, 0.3) is 0 Å². The normalized spacial score (nSPS) is 13.1. The lowest BCUT2D eigenvalue weighted by atomic mass is 10.2. The van der Waals surface area contributed by atoms with Crippen LogP contribution in [0.15, 0.2) is 18.3 Å². The molecule has 0 amide bonds. The van der Waals surface area contributed by atoms with Gasteiger partial charge in [-0.15, -0.1) is 0 Å². The van der Waals surface area contributed by atoms with Gasteiger partial charge in [0.25, 0.3) is 0 Å². The summed E-state index contributed by atoms with van der Waals surface area (Å²) in [5, 5.41) is 9.86. The number of rotatable bonds is 5. The summed E-state index contributed by atoms with van der Waals surface area (Å²) in [6.45, 7) is 6.32. The van der Waals surface area contributed by atoms with Crippen molar-refractivity contribution < 1.29 is 5.11 Å². The topological polar surface area (TPSA) is 33.1 Å². The number of nitrogens with zero attached hydrogens (tertiary/aromatic N) is 1. The maximum absolute atomic E-state index is 9.86. The molecule has 1 rings (SSSR count). The number of aryl methyl sites for hydroxylation is 1. The van der Waals surface area contributed by atoms with Crippen LogP contribution in [0.4, 0.5) is 0 Å². The van der Waals surface area contributed by atoms with Gasteiger partial charge in [0.2, 0.25) is 0 Å². The van der Waals surface area contributed by atoms with E-state index < -0.39 is 0 Å². The number of pyridine rings is 1. The highest BCUT2D eigenvalue weighted by Gasteiger charge is 2.07. The van der Waals surface area contributed by atoms with Gasteiger partial charge in [0, 0.05) is 17.6 Å². The van der Waals surface area contributed by atoms with Crippen LogP contribution >= 0.6 is 11.8 Å². The third kappa shape index (κ3) is 4.67. The van der Waals surface area contributed by atoms with Crippen LogP contribution in [0.2, 0.25) is 0 Å². The van der Waals surface area contributed by atoms with Gasteiger partial charge in [-0.1, -0.05) is 19.9 Å². The number of hydrogen-bond acceptors (Lipinski definition) is 3. The fourth-order valence-corrected chi connectivity index (χ4v) is 2.21. The molecule has 1 atom stereocenters. The van der Waals surface area contributed by atoms with Crippen molar-refractivity contribution in [3.8, 4) is 0 Å². The van der Waals surface area contributed by atoms with Crippen molar-refractivity contribution in [2.45, 2.75) is 26.9 Å². The fourth-order valence-electron chi connectivity index (χ4n) is 1.19. The predicted molar refractivity (Wildman–Crippen MR) is 66.1 cm³/mol. The molecule has 0 bridgehead atoms. The molecule has 0 saturated carbocycles. The Balaban J connectivity index is 2.40. The molecular weight excluding hydrogens is 206 g/mol. The third-order valence-corrected chi connectivity index (χ3v) is 3.50. The molecule has 0 aliphatic rings. The van der Waals surface area contributed by atoms with Gasteiger partial charge in [0.15, 0.2) is 0 Å². The summed E-state index contributed by atoms with van der Waals surface area (Å²) < 4.78 is 0. The highest BCUT2D eigenvalue weighted by Crippen LogP contribution is 2.19. The zero-order valence-corrected chi connectivity index (χ0v) is 10.4. The number of thioether (sulfide) groups is 1. The standard InChI is InChI=1S/C12H19NOS/c1-9(2)7-15-8-12(14)11-5-4-10(3)13-6-11/h4-6,9,12,14H,7-8H2,1-3H3. The molecule has 2 nitrogen and oxygen atoms in total. The molecule has 0 aromatic carbocycles. The van der Waals surface area contributed by atoms with Crippen molar-refractivity contribution >= 4 is 11.8 Å². The minimum atomic E-state index is -0.387. The Morgan fingerprint density at radius 3 is 2.60 bits per heavy atom. The van der Waals surface area contributed by atoms with Crippen molar-refractivity contribution in [3.05, 3.63) is 29.6 Å². The highest BCUT2D eigenvalue weighted by molar-refractivity contribution is 7.99. The molecule has 84 valence electrons. The minimum Gasteiger partial charge on any atom is -0.387 e. The first-order valence-electron chi connectivity index (χ1n) is 5.28. The quantitative estimate of drug-likeness (QED) is 0.836. The Morgan fingerprint density at radius 1 is 1.33 bits per heavy atom. The van der Waals surface area contributed by atoms with Gasteiger partial charge in [0.05, 0.1) is 6.10 Å². The lowest BCUT2D eigenvalue weighted by molar-refractivity contribution is 0.203. The Hall–Kier alpha value is -0.540.